The number of aromatic nitrogens is 4. The molecular weight excluding hydrogens is 416 g/mol. The Morgan fingerprint density at radius 3 is 2.53 bits per heavy atom. The van der Waals surface area contributed by atoms with Crippen LogP contribution in [0.1, 0.15) is 38.1 Å². The average molecular weight is 439 g/mol. The summed E-state index contributed by atoms with van der Waals surface area (Å²) in [6.45, 7) is 7.48. The van der Waals surface area contributed by atoms with Crippen molar-refractivity contribution in [2.24, 2.45) is 0 Å². The molecule has 0 radical (unpaired) electrons. The molecular formula is C21H23BFN5O4. The van der Waals surface area contributed by atoms with E-state index in [-0.39, 0.29) is 22.6 Å². The number of methoxy groups -OCH3 is 1. The number of hydrogen-bond donors (Lipinski definition) is 2. The largest absolute Gasteiger partial charge is 0.497 e. The Kier molecular flexibility index (Phi) is 5.47. The van der Waals surface area contributed by atoms with E-state index in [1.165, 1.54) is 19.5 Å². The van der Waals surface area contributed by atoms with Crippen LogP contribution in [-0.2, 0) is 9.31 Å². The van der Waals surface area contributed by atoms with E-state index in [9.17, 15) is 9.18 Å². The second kappa shape index (κ2) is 7.99. The molecule has 3 aromatic rings. The molecule has 0 aliphatic carbocycles. The highest BCUT2D eigenvalue weighted by Crippen LogP contribution is 2.37. The van der Waals surface area contributed by atoms with Crippen molar-refractivity contribution in [3.63, 3.8) is 0 Å². The van der Waals surface area contributed by atoms with Gasteiger partial charge in [0.15, 0.2) is 5.82 Å². The van der Waals surface area contributed by atoms with Crippen molar-refractivity contribution in [3.05, 3.63) is 48.0 Å². The lowest BCUT2D eigenvalue weighted by atomic mass is 9.77. The van der Waals surface area contributed by atoms with Gasteiger partial charge < -0.3 is 19.4 Å². The number of carbonyl (C=O) groups excluding carboxylic acids is 1. The van der Waals surface area contributed by atoms with Crippen molar-refractivity contribution in [2.75, 3.05) is 12.4 Å². The Hall–Kier alpha value is -3.31. The summed E-state index contributed by atoms with van der Waals surface area (Å²) in [6.07, 6.45) is 1.36. The summed E-state index contributed by atoms with van der Waals surface area (Å²) in [5.74, 6) is -0.299. The van der Waals surface area contributed by atoms with Crippen LogP contribution in [-0.4, -0.2) is 51.5 Å². The number of benzene rings is 1. The second-order valence-corrected chi connectivity index (χ2v) is 8.36. The summed E-state index contributed by atoms with van der Waals surface area (Å²) in [4.78, 5) is 21.5. The molecule has 0 atom stereocenters. The first-order valence-electron chi connectivity index (χ1n) is 9.98. The molecule has 11 heteroatoms. The van der Waals surface area contributed by atoms with Gasteiger partial charge >= 0.3 is 7.12 Å². The van der Waals surface area contributed by atoms with Gasteiger partial charge in [-0.25, -0.2) is 14.4 Å². The third-order valence-corrected chi connectivity index (χ3v) is 5.72. The van der Waals surface area contributed by atoms with E-state index in [1.54, 1.807) is 18.2 Å². The Morgan fingerprint density at radius 1 is 1.19 bits per heavy atom. The van der Waals surface area contributed by atoms with Crippen LogP contribution in [0.25, 0.3) is 11.5 Å². The maximum Gasteiger partial charge on any atom is 0.497 e. The fourth-order valence-corrected chi connectivity index (χ4v) is 3.22. The number of nitrogens with one attached hydrogen (secondary N) is 2. The zero-order valence-corrected chi connectivity index (χ0v) is 18.4. The molecule has 9 nitrogen and oxygen atoms in total. The number of ether oxygens (including phenoxy) is 1. The van der Waals surface area contributed by atoms with Gasteiger partial charge in [0.1, 0.15) is 29.4 Å². The topological polar surface area (TPSA) is 111 Å². The summed E-state index contributed by atoms with van der Waals surface area (Å²) in [7, 11) is 0.397. The molecule has 0 spiro atoms. The summed E-state index contributed by atoms with van der Waals surface area (Å²) in [5, 5.41) is 9.22. The lowest BCUT2D eigenvalue weighted by Gasteiger charge is -2.32. The van der Waals surface area contributed by atoms with Crippen molar-refractivity contribution < 1.29 is 23.2 Å². The molecule has 4 rings (SSSR count). The molecule has 1 fully saturated rings. The lowest BCUT2D eigenvalue weighted by Crippen LogP contribution is -2.41. The highest BCUT2D eigenvalue weighted by molar-refractivity contribution is 6.62. The van der Waals surface area contributed by atoms with Crippen LogP contribution in [0.15, 0.2) is 36.7 Å². The van der Waals surface area contributed by atoms with Crippen LogP contribution in [0.2, 0.25) is 0 Å². The molecule has 1 aliphatic heterocycles. The van der Waals surface area contributed by atoms with Crippen LogP contribution in [0, 0.1) is 5.82 Å². The van der Waals surface area contributed by atoms with Crippen molar-refractivity contribution >= 4 is 24.3 Å². The Balaban J connectivity index is 1.64. The van der Waals surface area contributed by atoms with Gasteiger partial charge in [-0.15, -0.1) is 0 Å². The third-order valence-electron chi connectivity index (χ3n) is 5.72. The Labute approximate surface area is 184 Å². The van der Waals surface area contributed by atoms with Crippen molar-refractivity contribution in [1.29, 1.82) is 0 Å². The molecule has 1 saturated heterocycles. The first kappa shape index (κ1) is 21.9. The predicted molar refractivity (Wildman–Crippen MR) is 116 cm³/mol. The fraction of sp³-hybridized carbons (Fsp3) is 0.333. The van der Waals surface area contributed by atoms with Crippen LogP contribution in [0.5, 0.6) is 5.75 Å². The van der Waals surface area contributed by atoms with Crippen molar-refractivity contribution in [1.82, 2.24) is 20.2 Å². The van der Waals surface area contributed by atoms with E-state index in [1.807, 2.05) is 27.7 Å². The fourth-order valence-electron chi connectivity index (χ4n) is 3.22. The van der Waals surface area contributed by atoms with Gasteiger partial charge in [0.25, 0.3) is 5.91 Å². The standard InChI is InChI=1S/C21H23BFN5O4/c1-20(2)21(3,4)32-22(31-20)13-9-12(16(30-5)10-14(13)23)19(29)27-17-8-6-7-15(26-17)18-24-11-25-28-18/h6-11H,1-5H3,(H,24,25,28)(H,26,27,29). The number of hydrogen-bond acceptors (Lipinski definition) is 7. The molecule has 0 saturated carbocycles. The van der Waals surface area contributed by atoms with Crippen LogP contribution in [0.3, 0.4) is 0 Å². The number of carbonyl (C=O) groups is 1. The number of pyridine rings is 1. The molecule has 0 bridgehead atoms. The van der Waals surface area contributed by atoms with Gasteiger partial charge in [0, 0.05) is 11.5 Å². The van der Waals surface area contributed by atoms with Gasteiger partial charge in [-0.2, -0.15) is 5.10 Å². The van der Waals surface area contributed by atoms with E-state index in [4.69, 9.17) is 14.0 Å². The number of nitrogens with zero attached hydrogens (tertiary/aromatic N) is 3. The monoisotopic (exact) mass is 439 g/mol. The van der Waals surface area contributed by atoms with E-state index in [0.717, 1.165) is 6.07 Å². The number of rotatable bonds is 5. The minimum atomic E-state index is -0.967. The average Bonchev–Trinajstić information content (AvgIpc) is 3.34. The second-order valence-electron chi connectivity index (χ2n) is 8.36. The van der Waals surface area contributed by atoms with Gasteiger partial charge in [-0.05, 0) is 45.9 Å². The smallest absolute Gasteiger partial charge is 0.496 e. The van der Waals surface area contributed by atoms with E-state index < -0.39 is 30.0 Å². The third kappa shape index (κ3) is 3.96. The minimum absolute atomic E-state index is 0.0756. The molecule has 1 aromatic carbocycles. The Morgan fingerprint density at radius 2 is 1.91 bits per heavy atom. The van der Waals surface area contributed by atoms with Crippen LogP contribution >= 0.6 is 0 Å². The van der Waals surface area contributed by atoms with E-state index >= 15 is 0 Å². The molecule has 166 valence electrons. The van der Waals surface area contributed by atoms with Crippen molar-refractivity contribution in [3.8, 4) is 17.3 Å². The summed E-state index contributed by atoms with van der Waals surface area (Å²) >= 11 is 0. The van der Waals surface area contributed by atoms with Gasteiger partial charge in [0.2, 0.25) is 0 Å². The van der Waals surface area contributed by atoms with E-state index in [2.05, 4.69) is 25.5 Å². The predicted octanol–water partition coefficient (Wildman–Crippen LogP) is 2.57. The minimum Gasteiger partial charge on any atom is -0.496 e. The molecule has 1 aliphatic rings. The molecule has 2 N–H and O–H groups in total. The number of anilines is 1. The zero-order chi connectivity index (χ0) is 23.1. The highest BCUT2D eigenvalue weighted by atomic mass is 19.1. The van der Waals surface area contributed by atoms with Gasteiger partial charge in [-0.3, -0.25) is 9.89 Å². The highest BCUT2D eigenvalue weighted by Gasteiger charge is 2.52. The maximum absolute atomic E-state index is 14.9. The SMILES string of the molecule is COc1cc(F)c(B2OC(C)(C)C(C)(C)O2)cc1C(=O)Nc1cccc(-c2ncn[nH]2)n1. The number of amides is 1. The van der Waals surface area contributed by atoms with Crippen LogP contribution < -0.4 is 15.5 Å². The molecule has 3 heterocycles. The molecule has 2 aromatic heterocycles. The van der Waals surface area contributed by atoms with E-state index in [0.29, 0.717) is 11.5 Å². The molecule has 0 unspecified atom stereocenters. The zero-order valence-electron chi connectivity index (χ0n) is 18.4. The number of aromatic amines is 1. The first-order valence-corrected chi connectivity index (χ1v) is 9.98. The number of halogens is 1. The number of H-pyrrole nitrogens is 1. The van der Waals surface area contributed by atoms with Gasteiger partial charge in [-0.1, -0.05) is 6.07 Å². The molecule has 1 amide bonds. The summed E-state index contributed by atoms with van der Waals surface area (Å²) < 4.78 is 32.0. The normalized spacial score (nSPS) is 16.8. The first-order chi connectivity index (χ1) is 15.1. The maximum atomic E-state index is 14.9. The summed E-state index contributed by atoms with van der Waals surface area (Å²) in [5.41, 5.74) is -0.581. The molecule has 32 heavy (non-hydrogen) atoms. The van der Waals surface area contributed by atoms with Crippen LogP contribution in [0.4, 0.5) is 10.2 Å². The Bertz CT molecular complexity index is 1140. The lowest BCUT2D eigenvalue weighted by molar-refractivity contribution is 0.00578. The quantitative estimate of drug-likeness (QED) is 0.588. The van der Waals surface area contributed by atoms with Crippen molar-refractivity contribution in [2.45, 2.75) is 38.9 Å². The summed E-state index contributed by atoms with van der Waals surface area (Å²) in [6, 6.07) is 7.60. The van der Waals surface area contributed by atoms with Gasteiger partial charge in [0.05, 0.1) is 23.9 Å².